The van der Waals surface area contributed by atoms with E-state index < -0.39 is 4.92 Å². The molecule has 41 heavy (non-hydrogen) atoms. The lowest BCUT2D eigenvalue weighted by Crippen LogP contribution is -2.20. The number of hydrogen-bond acceptors (Lipinski definition) is 7. The van der Waals surface area contributed by atoms with Crippen LogP contribution in [0.3, 0.4) is 0 Å². The van der Waals surface area contributed by atoms with Gasteiger partial charge in [-0.15, -0.1) is 0 Å². The topological polar surface area (TPSA) is 109 Å². The van der Waals surface area contributed by atoms with Gasteiger partial charge in [0, 0.05) is 27.7 Å². The SMILES string of the molecule is CCOc1cc(C=Nn2c(-c3ccccc3)nc3ccccc3c2=O)c(Br)c(Br)c1OCc1ccc([N+](=O)[O-])cc1. The Bertz CT molecular complexity index is 1820. The fourth-order valence-corrected chi connectivity index (χ4v) is 5.03. The van der Waals surface area contributed by atoms with Gasteiger partial charge in [-0.25, -0.2) is 4.98 Å². The second-order valence-corrected chi connectivity index (χ2v) is 10.3. The van der Waals surface area contributed by atoms with Gasteiger partial charge in [0.15, 0.2) is 17.3 Å². The zero-order valence-electron chi connectivity index (χ0n) is 21.7. The number of aromatic nitrogens is 2. The van der Waals surface area contributed by atoms with E-state index in [2.05, 4.69) is 37.0 Å². The molecule has 0 fully saturated rings. The molecule has 0 spiro atoms. The van der Waals surface area contributed by atoms with Gasteiger partial charge >= 0.3 is 0 Å². The fraction of sp³-hybridized carbons (Fsp3) is 0.100. The van der Waals surface area contributed by atoms with Crippen molar-refractivity contribution in [2.75, 3.05) is 6.61 Å². The first-order valence-corrected chi connectivity index (χ1v) is 14.1. The highest BCUT2D eigenvalue weighted by molar-refractivity contribution is 9.13. The summed E-state index contributed by atoms with van der Waals surface area (Å²) in [7, 11) is 0. The summed E-state index contributed by atoms with van der Waals surface area (Å²) in [4.78, 5) is 28.7. The summed E-state index contributed by atoms with van der Waals surface area (Å²) in [6, 6.07) is 24.5. The fourth-order valence-electron chi connectivity index (χ4n) is 4.09. The summed E-state index contributed by atoms with van der Waals surface area (Å²) in [5.41, 5.74) is 2.42. The molecule has 0 radical (unpaired) electrons. The summed E-state index contributed by atoms with van der Waals surface area (Å²) in [6.07, 6.45) is 1.56. The van der Waals surface area contributed by atoms with Gasteiger partial charge in [-0.05, 0) is 74.7 Å². The zero-order valence-corrected chi connectivity index (χ0v) is 24.8. The molecule has 0 aliphatic rings. The predicted molar refractivity (Wildman–Crippen MR) is 165 cm³/mol. The smallest absolute Gasteiger partial charge is 0.282 e. The van der Waals surface area contributed by atoms with E-state index in [1.165, 1.54) is 16.8 Å². The van der Waals surface area contributed by atoms with Crippen LogP contribution in [-0.4, -0.2) is 27.4 Å². The van der Waals surface area contributed by atoms with E-state index in [0.717, 1.165) is 11.1 Å². The number of nitro groups is 1. The van der Waals surface area contributed by atoms with Gasteiger partial charge in [0.2, 0.25) is 0 Å². The Balaban J connectivity index is 1.53. The van der Waals surface area contributed by atoms with Crippen LogP contribution >= 0.6 is 31.9 Å². The minimum Gasteiger partial charge on any atom is -0.490 e. The molecule has 4 aromatic carbocycles. The Morgan fingerprint density at radius 2 is 1.68 bits per heavy atom. The van der Waals surface area contributed by atoms with Crippen molar-refractivity contribution in [2.24, 2.45) is 5.10 Å². The molecular weight excluding hydrogens is 656 g/mol. The normalized spacial score (nSPS) is 11.2. The third-order valence-electron chi connectivity index (χ3n) is 6.08. The minimum absolute atomic E-state index is 0.00691. The van der Waals surface area contributed by atoms with Crippen molar-refractivity contribution in [3.8, 4) is 22.9 Å². The summed E-state index contributed by atoms with van der Waals surface area (Å²) >= 11 is 7.21. The van der Waals surface area contributed by atoms with Gasteiger partial charge in [0.1, 0.15) is 6.61 Å². The molecule has 0 aliphatic heterocycles. The summed E-state index contributed by atoms with van der Waals surface area (Å²) in [5, 5.41) is 16.0. The summed E-state index contributed by atoms with van der Waals surface area (Å²) < 4.78 is 14.4. The maximum absolute atomic E-state index is 13.5. The molecule has 5 rings (SSSR count). The quantitative estimate of drug-likeness (QED) is 0.0917. The number of nitro benzene ring substituents is 1. The molecule has 0 N–H and O–H groups in total. The van der Waals surface area contributed by atoms with Crippen LogP contribution in [0.1, 0.15) is 18.1 Å². The van der Waals surface area contributed by atoms with Crippen molar-refractivity contribution < 1.29 is 14.4 Å². The molecule has 0 aliphatic carbocycles. The Labute approximate surface area is 251 Å². The predicted octanol–water partition coefficient (Wildman–Crippen LogP) is 7.36. The molecule has 0 saturated heterocycles. The molecule has 9 nitrogen and oxygen atoms in total. The lowest BCUT2D eigenvalue weighted by molar-refractivity contribution is -0.384. The largest absolute Gasteiger partial charge is 0.490 e. The third-order valence-corrected chi connectivity index (χ3v) is 8.23. The molecule has 0 saturated carbocycles. The van der Waals surface area contributed by atoms with E-state index in [9.17, 15) is 14.9 Å². The molecule has 11 heteroatoms. The number of nitrogens with zero attached hydrogens (tertiary/aromatic N) is 4. The van der Waals surface area contributed by atoms with Crippen molar-refractivity contribution >= 4 is 54.7 Å². The van der Waals surface area contributed by atoms with Crippen LogP contribution in [0.15, 0.2) is 104 Å². The molecule has 0 amide bonds. The molecule has 206 valence electrons. The minimum atomic E-state index is -0.448. The average molecular weight is 678 g/mol. The lowest BCUT2D eigenvalue weighted by atomic mass is 10.2. The number of hydrogen-bond donors (Lipinski definition) is 0. The summed E-state index contributed by atoms with van der Waals surface area (Å²) in [6.45, 7) is 2.40. The first-order valence-electron chi connectivity index (χ1n) is 12.5. The number of benzene rings is 4. The number of fused-ring (bicyclic) bond motifs is 1. The van der Waals surface area contributed by atoms with Gasteiger partial charge in [-0.3, -0.25) is 14.9 Å². The molecule has 0 atom stereocenters. The van der Waals surface area contributed by atoms with Crippen LogP contribution in [0.2, 0.25) is 0 Å². The summed E-state index contributed by atoms with van der Waals surface area (Å²) in [5.74, 6) is 1.32. The standard InChI is InChI=1S/C30H22Br2N4O5/c1-2-40-25-16-21(26(31)27(32)28(25)41-18-19-12-14-22(15-13-19)36(38)39)17-33-35-29(20-8-4-3-5-9-20)34-24-11-7-6-10-23(24)30(35)37/h3-17H,2,18H2,1H3. The van der Waals surface area contributed by atoms with Crippen molar-refractivity contribution in [3.63, 3.8) is 0 Å². The van der Waals surface area contributed by atoms with Crippen LogP contribution < -0.4 is 15.0 Å². The van der Waals surface area contributed by atoms with Gasteiger partial charge in [0.25, 0.3) is 11.2 Å². The number of non-ortho nitro benzene ring substituents is 1. The lowest BCUT2D eigenvalue weighted by Gasteiger charge is -2.16. The van der Waals surface area contributed by atoms with Crippen LogP contribution in [-0.2, 0) is 6.61 Å². The van der Waals surface area contributed by atoms with Crippen molar-refractivity contribution in [3.05, 3.63) is 125 Å². The van der Waals surface area contributed by atoms with Crippen molar-refractivity contribution in [1.82, 2.24) is 9.66 Å². The number of para-hydroxylation sites is 1. The Hall–Kier alpha value is -4.35. The first-order chi connectivity index (χ1) is 19.9. The molecule has 0 unspecified atom stereocenters. The number of halogens is 2. The highest BCUT2D eigenvalue weighted by atomic mass is 79.9. The number of ether oxygens (including phenoxy) is 2. The highest BCUT2D eigenvalue weighted by Gasteiger charge is 2.18. The van der Waals surface area contributed by atoms with Gasteiger partial charge in [-0.1, -0.05) is 42.5 Å². The van der Waals surface area contributed by atoms with Crippen LogP contribution in [0.4, 0.5) is 5.69 Å². The molecule has 5 aromatic rings. The van der Waals surface area contributed by atoms with E-state index in [0.29, 0.717) is 49.3 Å². The van der Waals surface area contributed by atoms with E-state index in [1.807, 2.05) is 43.3 Å². The molecule has 1 aromatic heterocycles. The molecule has 0 bridgehead atoms. The molecular formula is C30H22Br2N4O5. The second kappa shape index (κ2) is 12.4. The van der Waals surface area contributed by atoms with Crippen LogP contribution in [0, 0.1) is 10.1 Å². The Morgan fingerprint density at radius 1 is 0.976 bits per heavy atom. The van der Waals surface area contributed by atoms with E-state index in [1.54, 1.807) is 42.6 Å². The van der Waals surface area contributed by atoms with E-state index in [4.69, 9.17) is 14.5 Å². The zero-order chi connectivity index (χ0) is 28.9. The van der Waals surface area contributed by atoms with Gasteiger partial charge in [-0.2, -0.15) is 9.78 Å². The van der Waals surface area contributed by atoms with Gasteiger partial charge < -0.3 is 9.47 Å². The van der Waals surface area contributed by atoms with Crippen molar-refractivity contribution in [2.45, 2.75) is 13.5 Å². The van der Waals surface area contributed by atoms with E-state index >= 15 is 0 Å². The van der Waals surface area contributed by atoms with E-state index in [-0.39, 0.29) is 17.9 Å². The van der Waals surface area contributed by atoms with Crippen LogP contribution in [0.5, 0.6) is 11.5 Å². The number of rotatable bonds is 9. The third kappa shape index (κ3) is 6.06. The van der Waals surface area contributed by atoms with Crippen LogP contribution in [0.25, 0.3) is 22.3 Å². The average Bonchev–Trinajstić information content (AvgIpc) is 2.99. The Kier molecular flexibility index (Phi) is 8.55. The second-order valence-electron chi connectivity index (χ2n) is 8.75. The van der Waals surface area contributed by atoms with Gasteiger partial charge in [0.05, 0.1) is 33.1 Å². The Morgan fingerprint density at radius 3 is 2.39 bits per heavy atom. The monoisotopic (exact) mass is 676 g/mol. The van der Waals surface area contributed by atoms with Crippen molar-refractivity contribution in [1.29, 1.82) is 0 Å². The highest BCUT2D eigenvalue weighted by Crippen LogP contribution is 2.43. The maximum Gasteiger partial charge on any atom is 0.282 e. The maximum atomic E-state index is 13.5. The first kappa shape index (κ1) is 28.2. The molecule has 1 heterocycles.